The molecule has 3 aromatic rings. The summed E-state index contributed by atoms with van der Waals surface area (Å²) in [6.07, 6.45) is -4.70. The third kappa shape index (κ3) is 5.31. The molecule has 2 N–H and O–H groups in total. The summed E-state index contributed by atoms with van der Waals surface area (Å²) in [6, 6.07) is 19.0. The van der Waals surface area contributed by atoms with Crippen LogP contribution in [0.25, 0.3) is 0 Å². The topological polar surface area (TPSA) is 97.9 Å². The summed E-state index contributed by atoms with van der Waals surface area (Å²) in [6.45, 7) is 0. The molecule has 0 aromatic heterocycles. The van der Waals surface area contributed by atoms with E-state index in [0.29, 0.717) is 23.1 Å². The van der Waals surface area contributed by atoms with Gasteiger partial charge in [-0.3, -0.25) is 15.6 Å². The van der Waals surface area contributed by atoms with Gasteiger partial charge in [0, 0.05) is 5.56 Å². The summed E-state index contributed by atoms with van der Waals surface area (Å²) < 4.78 is 45.2. The molecule has 0 atom stereocenters. The van der Waals surface area contributed by atoms with Gasteiger partial charge in [-0.15, -0.1) is 0 Å². The van der Waals surface area contributed by atoms with Gasteiger partial charge in [-0.25, -0.2) is 0 Å². The first kappa shape index (κ1) is 21.2. The molecule has 0 bridgehead atoms. The quantitative estimate of drug-likeness (QED) is 0.564. The third-order valence-electron chi connectivity index (χ3n) is 4.10. The van der Waals surface area contributed by atoms with Gasteiger partial charge in [-0.05, 0) is 66.7 Å². The second kappa shape index (κ2) is 8.89. The normalized spacial score (nSPS) is 10.5. The van der Waals surface area contributed by atoms with Crippen molar-refractivity contribution in [3.63, 3.8) is 0 Å². The molecular weight excluding hydrogens is 409 g/mol. The molecule has 0 fully saturated rings. The highest BCUT2D eigenvalue weighted by atomic mass is 19.4. The number of carbonyl (C=O) groups excluding carboxylic acids is 1. The van der Waals surface area contributed by atoms with Crippen molar-refractivity contribution in [3.8, 4) is 23.6 Å². The van der Waals surface area contributed by atoms with Crippen molar-refractivity contribution >= 4 is 11.6 Å². The van der Waals surface area contributed by atoms with Gasteiger partial charge in [0.05, 0.1) is 34.5 Å². The number of carbonyl (C=O) groups is 1. The van der Waals surface area contributed by atoms with Crippen LogP contribution >= 0.6 is 0 Å². The van der Waals surface area contributed by atoms with Crippen molar-refractivity contribution in [1.82, 2.24) is 5.43 Å². The number of nitrogens with zero attached hydrogens (tertiary/aromatic N) is 2. The maximum atomic E-state index is 13.2. The average molecular weight is 422 g/mol. The number of benzene rings is 3. The smallest absolute Gasteiger partial charge is 0.418 e. The Morgan fingerprint density at radius 1 is 0.839 bits per heavy atom. The van der Waals surface area contributed by atoms with Crippen LogP contribution in [-0.4, -0.2) is 5.91 Å². The molecule has 154 valence electrons. The van der Waals surface area contributed by atoms with Gasteiger partial charge in [0.2, 0.25) is 0 Å². The minimum absolute atomic E-state index is 0.151. The van der Waals surface area contributed by atoms with Crippen LogP contribution in [0, 0.1) is 22.7 Å². The molecule has 0 aliphatic carbocycles. The van der Waals surface area contributed by atoms with Crippen LogP contribution in [0.4, 0.5) is 18.9 Å². The Labute approximate surface area is 175 Å². The molecule has 1 amide bonds. The van der Waals surface area contributed by atoms with Crippen molar-refractivity contribution in [2.45, 2.75) is 6.18 Å². The molecule has 3 aromatic carbocycles. The highest BCUT2D eigenvalue weighted by molar-refractivity contribution is 5.95. The van der Waals surface area contributed by atoms with Gasteiger partial charge in [0.1, 0.15) is 11.5 Å². The summed E-state index contributed by atoms with van der Waals surface area (Å²) in [7, 11) is 0. The highest BCUT2D eigenvalue weighted by Gasteiger charge is 2.34. The van der Waals surface area contributed by atoms with E-state index in [1.54, 1.807) is 30.3 Å². The number of hydrazine groups is 1. The van der Waals surface area contributed by atoms with Gasteiger partial charge in [0.25, 0.3) is 5.91 Å². The van der Waals surface area contributed by atoms with Gasteiger partial charge in [-0.1, -0.05) is 0 Å². The molecule has 0 radical (unpaired) electrons. The Balaban J connectivity index is 1.66. The lowest BCUT2D eigenvalue weighted by Gasteiger charge is -2.15. The number of hydrogen-bond acceptors (Lipinski definition) is 5. The van der Waals surface area contributed by atoms with E-state index < -0.39 is 17.6 Å². The highest BCUT2D eigenvalue weighted by Crippen LogP contribution is 2.35. The lowest BCUT2D eigenvalue weighted by molar-refractivity contribution is -0.137. The third-order valence-corrected chi connectivity index (χ3v) is 4.10. The Bertz CT molecular complexity index is 1180. The SMILES string of the molecule is N#Cc1ccc(Oc2ccc(C(=O)NNc3ccc(C#N)cc3C(F)(F)F)cc2)cc1. The first-order valence-electron chi connectivity index (χ1n) is 8.76. The molecular formula is C22H13F3N4O2. The summed E-state index contributed by atoms with van der Waals surface area (Å²) in [5, 5.41) is 17.6. The minimum atomic E-state index is -4.70. The molecule has 0 aliphatic rings. The molecule has 6 nitrogen and oxygen atoms in total. The standard InChI is InChI=1S/C22H13F3N4O2/c23-22(24,25)19-11-15(13-27)3-10-20(19)28-29-21(30)16-4-8-18(9-5-16)31-17-6-1-14(12-26)2-7-17/h1-11,28H,(H,29,30). The van der Waals surface area contributed by atoms with E-state index in [9.17, 15) is 18.0 Å². The van der Waals surface area contributed by atoms with Crippen molar-refractivity contribution < 1.29 is 22.7 Å². The van der Waals surface area contributed by atoms with E-state index >= 15 is 0 Å². The molecule has 31 heavy (non-hydrogen) atoms. The van der Waals surface area contributed by atoms with Crippen LogP contribution in [-0.2, 0) is 6.18 Å². The number of rotatable bonds is 5. The van der Waals surface area contributed by atoms with E-state index in [2.05, 4.69) is 10.9 Å². The number of nitrogens with one attached hydrogen (secondary N) is 2. The fourth-order valence-electron chi connectivity index (χ4n) is 2.56. The Morgan fingerprint density at radius 2 is 1.39 bits per heavy atom. The van der Waals surface area contributed by atoms with Gasteiger partial charge >= 0.3 is 6.18 Å². The van der Waals surface area contributed by atoms with E-state index in [1.807, 2.05) is 6.07 Å². The molecule has 0 aliphatic heterocycles. The Morgan fingerprint density at radius 3 is 1.94 bits per heavy atom. The van der Waals surface area contributed by atoms with Crippen molar-refractivity contribution in [2.24, 2.45) is 0 Å². The molecule has 3 rings (SSSR count). The molecule has 0 heterocycles. The fraction of sp³-hybridized carbons (Fsp3) is 0.0455. The summed E-state index contributed by atoms with van der Waals surface area (Å²) in [5.74, 6) is 0.265. The largest absolute Gasteiger partial charge is 0.457 e. The number of nitriles is 2. The lowest BCUT2D eigenvalue weighted by Crippen LogP contribution is -2.30. The lowest BCUT2D eigenvalue weighted by atomic mass is 10.1. The predicted molar refractivity (Wildman–Crippen MR) is 105 cm³/mol. The zero-order valence-corrected chi connectivity index (χ0v) is 15.7. The second-order valence-electron chi connectivity index (χ2n) is 6.21. The Kier molecular flexibility index (Phi) is 6.08. The number of halogens is 3. The van der Waals surface area contributed by atoms with E-state index in [-0.39, 0.29) is 16.8 Å². The Hall–Kier alpha value is -4.50. The number of alkyl halides is 3. The van der Waals surface area contributed by atoms with Crippen LogP contribution < -0.4 is 15.6 Å². The van der Waals surface area contributed by atoms with Crippen LogP contribution in [0.2, 0.25) is 0 Å². The van der Waals surface area contributed by atoms with E-state index in [0.717, 1.165) is 6.07 Å². The molecule has 0 saturated carbocycles. The predicted octanol–water partition coefficient (Wildman–Crippen LogP) is 5.00. The zero-order chi connectivity index (χ0) is 22.4. The summed E-state index contributed by atoms with van der Waals surface area (Å²) >= 11 is 0. The van der Waals surface area contributed by atoms with Crippen LogP contribution in [0.5, 0.6) is 11.5 Å². The number of hydrogen-bond donors (Lipinski definition) is 2. The van der Waals surface area contributed by atoms with E-state index in [4.69, 9.17) is 15.3 Å². The fourth-order valence-corrected chi connectivity index (χ4v) is 2.56. The molecule has 0 saturated heterocycles. The van der Waals surface area contributed by atoms with E-state index in [1.165, 1.54) is 30.3 Å². The van der Waals surface area contributed by atoms with Crippen molar-refractivity contribution in [2.75, 3.05) is 5.43 Å². The van der Waals surface area contributed by atoms with Gasteiger partial charge in [-0.2, -0.15) is 23.7 Å². The molecule has 0 spiro atoms. The van der Waals surface area contributed by atoms with Gasteiger partial charge in [0.15, 0.2) is 0 Å². The van der Waals surface area contributed by atoms with Crippen LogP contribution in [0.1, 0.15) is 27.0 Å². The molecule has 0 unspecified atom stereocenters. The van der Waals surface area contributed by atoms with Gasteiger partial charge < -0.3 is 4.74 Å². The first-order valence-corrected chi connectivity index (χ1v) is 8.76. The second-order valence-corrected chi connectivity index (χ2v) is 6.21. The maximum Gasteiger partial charge on any atom is 0.418 e. The maximum absolute atomic E-state index is 13.2. The molecule has 9 heteroatoms. The van der Waals surface area contributed by atoms with Crippen LogP contribution in [0.3, 0.4) is 0 Å². The summed E-state index contributed by atoms with van der Waals surface area (Å²) in [5.41, 5.74) is 3.51. The number of anilines is 1. The monoisotopic (exact) mass is 422 g/mol. The minimum Gasteiger partial charge on any atom is -0.457 e. The average Bonchev–Trinajstić information content (AvgIpc) is 2.77. The van der Waals surface area contributed by atoms with Crippen molar-refractivity contribution in [1.29, 1.82) is 10.5 Å². The summed E-state index contributed by atoms with van der Waals surface area (Å²) in [4.78, 5) is 12.3. The van der Waals surface area contributed by atoms with Crippen LogP contribution in [0.15, 0.2) is 66.7 Å². The number of ether oxygens (including phenoxy) is 1. The van der Waals surface area contributed by atoms with Crippen molar-refractivity contribution in [3.05, 3.63) is 89.0 Å². The first-order chi connectivity index (χ1) is 14.8. The number of amides is 1. The zero-order valence-electron chi connectivity index (χ0n) is 15.7.